The zero-order valence-electron chi connectivity index (χ0n) is 12.8. The molecule has 1 N–H and O–H groups in total. The Kier molecular flexibility index (Phi) is 4.68. The predicted octanol–water partition coefficient (Wildman–Crippen LogP) is 3.20. The molecule has 6 nitrogen and oxygen atoms in total. The van der Waals surface area contributed by atoms with Crippen molar-refractivity contribution in [1.29, 1.82) is 0 Å². The van der Waals surface area contributed by atoms with E-state index in [1.54, 1.807) is 41.3 Å². The average Bonchev–Trinajstić information content (AvgIpc) is 2.94. The van der Waals surface area contributed by atoms with Gasteiger partial charge in [-0.3, -0.25) is 14.4 Å². The quantitative estimate of drug-likeness (QED) is 0.705. The molecule has 8 heteroatoms. The Morgan fingerprint density at radius 2 is 2.04 bits per heavy atom. The van der Waals surface area contributed by atoms with E-state index in [0.717, 1.165) is 11.3 Å². The highest BCUT2D eigenvalue weighted by molar-refractivity contribution is 9.10. The molecule has 0 aliphatic heterocycles. The van der Waals surface area contributed by atoms with Crippen LogP contribution in [0.1, 0.15) is 11.3 Å². The minimum Gasteiger partial charge on any atom is -0.265 e. The standard InChI is InChI=1S/C16H15BrN4O2S/c1-12-5-6-15(14(17)10-12)24(22,23)20-16-7-9-21(19-16)11-13-4-2-3-8-18-13/h2-10H,11H2,1H3,(H,19,20). The van der Waals surface area contributed by atoms with Crippen LogP contribution in [0.2, 0.25) is 0 Å². The summed E-state index contributed by atoms with van der Waals surface area (Å²) < 4.78 is 29.6. The van der Waals surface area contributed by atoms with Crippen LogP contribution < -0.4 is 4.72 Å². The fourth-order valence-electron chi connectivity index (χ4n) is 2.18. The van der Waals surface area contributed by atoms with Crippen molar-refractivity contribution in [3.05, 3.63) is 70.6 Å². The lowest BCUT2D eigenvalue weighted by molar-refractivity contribution is 0.600. The van der Waals surface area contributed by atoms with Gasteiger partial charge in [-0.15, -0.1) is 0 Å². The van der Waals surface area contributed by atoms with E-state index in [1.165, 1.54) is 0 Å². The first kappa shape index (κ1) is 16.7. The Balaban J connectivity index is 1.78. The number of aromatic nitrogens is 3. The molecule has 0 saturated carbocycles. The summed E-state index contributed by atoms with van der Waals surface area (Å²) in [7, 11) is -3.71. The molecule has 0 fully saturated rings. The SMILES string of the molecule is Cc1ccc(S(=O)(=O)Nc2ccn(Cc3ccccn3)n2)c(Br)c1. The summed E-state index contributed by atoms with van der Waals surface area (Å²) in [5.41, 5.74) is 1.82. The molecule has 0 bridgehead atoms. The highest BCUT2D eigenvalue weighted by atomic mass is 79.9. The predicted molar refractivity (Wildman–Crippen MR) is 95.3 cm³/mol. The minimum atomic E-state index is -3.71. The van der Waals surface area contributed by atoms with Gasteiger partial charge in [0.1, 0.15) is 4.90 Å². The van der Waals surface area contributed by atoms with E-state index < -0.39 is 10.0 Å². The van der Waals surface area contributed by atoms with Gasteiger partial charge in [0.2, 0.25) is 0 Å². The van der Waals surface area contributed by atoms with Gasteiger partial charge in [0, 0.05) is 22.9 Å². The second kappa shape index (κ2) is 6.74. The Labute approximate surface area is 148 Å². The van der Waals surface area contributed by atoms with E-state index in [4.69, 9.17) is 0 Å². The molecule has 0 saturated heterocycles. The number of nitrogens with one attached hydrogen (secondary N) is 1. The van der Waals surface area contributed by atoms with Crippen molar-refractivity contribution in [2.75, 3.05) is 4.72 Å². The van der Waals surface area contributed by atoms with Gasteiger partial charge in [-0.05, 0) is 52.7 Å². The molecule has 1 aromatic carbocycles. The smallest absolute Gasteiger partial charge is 0.264 e. The third-order valence-corrected chi connectivity index (χ3v) is 5.64. The van der Waals surface area contributed by atoms with Crippen LogP contribution in [0.5, 0.6) is 0 Å². The monoisotopic (exact) mass is 406 g/mol. The van der Waals surface area contributed by atoms with Crippen LogP contribution in [0.4, 0.5) is 5.82 Å². The van der Waals surface area contributed by atoms with Crippen molar-refractivity contribution in [2.24, 2.45) is 0 Å². The molecule has 2 heterocycles. The topological polar surface area (TPSA) is 76.9 Å². The maximum Gasteiger partial charge on any atom is 0.264 e. The molecule has 2 aromatic heterocycles. The lowest BCUT2D eigenvalue weighted by atomic mass is 10.2. The molecule has 124 valence electrons. The van der Waals surface area contributed by atoms with Crippen LogP contribution in [-0.2, 0) is 16.6 Å². The van der Waals surface area contributed by atoms with Gasteiger partial charge in [0.15, 0.2) is 5.82 Å². The first-order valence-electron chi connectivity index (χ1n) is 7.16. The number of rotatable bonds is 5. The molecule has 3 aromatic rings. The molecule has 0 amide bonds. The lowest BCUT2D eigenvalue weighted by Gasteiger charge is -2.08. The van der Waals surface area contributed by atoms with Crippen LogP contribution in [0, 0.1) is 6.92 Å². The summed E-state index contributed by atoms with van der Waals surface area (Å²) >= 11 is 3.29. The molecule has 0 aliphatic rings. The average molecular weight is 407 g/mol. The fourth-order valence-corrected chi connectivity index (χ4v) is 4.37. The largest absolute Gasteiger partial charge is 0.265 e. The number of hydrogen-bond acceptors (Lipinski definition) is 4. The van der Waals surface area contributed by atoms with Gasteiger partial charge < -0.3 is 0 Å². The first-order valence-corrected chi connectivity index (χ1v) is 9.44. The van der Waals surface area contributed by atoms with Crippen LogP contribution >= 0.6 is 15.9 Å². The number of pyridine rings is 1. The van der Waals surface area contributed by atoms with Crippen molar-refractivity contribution in [2.45, 2.75) is 18.4 Å². The number of anilines is 1. The number of halogens is 1. The summed E-state index contributed by atoms with van der Waals surface area (Å²) in [6.45, 7) is 2.37. The van der Waals surface area contributed by atoms with E-state index in [0.29, 0.717) is 11.0 Å². The third-order valence-electron chi connectivity index (χ3n) is 3.31. The van der Waals surface area contributed by atoms with Crippen molar-refractivity contribution in [1.82, 2.24) is 14.8 Å². The molecular formula is C16H15BrN4O2S. The summed E-state index contributed by atoms with van der Waals surface area (Å²) in [5.74, 6) is 0.262. The number of nitrogens with zero attached hydrogens (tertiary/aromatic N) is 3. The maximum absolute atomic E-state index is 12.5. The van der Waals surface area contributed by atoms with Crippen molar-refractivity contribution in [3.8, 4) is 0 Å². The van der Waals surface area contributed by atoms with E-state index in [2.05, 4.69) is 30.7 Å². The van der Waals surface area contributed by atoms with Crippen LogP contribution in [0.15, 0.2) is 64.2 Å². The summed E-state index contributed by atoms with van der Waals surface area (Å²) in [4.78, 5) is 4.39. The Morgan fingerprint density at radius 1 is 1.21 bits per heavy atom. The molecule has 0 radical (unpaired) electrons. The molecule has 3 rings (SSSR count). The van der Waals surface area contributed by atoms with Gasteiger partial charge in [0.05, 0.1) is 12.2 Å². The van der Waals surface area contributed by atoms with Gasteiger partial charge in [-0.25, -0.2) is 8.42 Å². The van der Waals surface area contributed by atoms with Crippen LogP contribution in [-0.4, -0.2) is 23.2 Å². The third kappa shape index (κ3) is 3.82. The minimum absolute atomic E-state index is 0.173. The second-order valence-corrected chi connectivity index (χ2v) is 7.76. The van der Waals surface area contributed by atoms with E-state index in [-0.39, 0.29) is 10.7 Å². The maximum atomic E-state index is 12.5. The van der Waals surface area contributed by atoms with Crippen molar-refractivity contribution < 1.29 is 8.42 Å². The Hall–Kier alpha value is -2.19. The van der Waals surface area contributed by atoms with E-state index in [9.17, 15) is 8.42 Å². The summed E-state index contributed by atoms with van der Waals surface area (Å²) in [5, 5.41) is 4.23. The number of sulfonamides is 1. The molecule has 0 spiro atoms. The zero-order chi connectivity index (χ0) is 17.2. The highest BCUT2D eigenvalue weighted by Crippen LogP contribution is 2.24. The molecule has 0 atom stereocenters. The fraction of sp³-hybridized carbons (Fsp3) is 0.125. The van der Waals surface area contributed by atoms with Crippen molar-refractivity contribution >= 4 is 31.8 Å². The number of aryl methyl sites for hydroxylation is 1. The van der Waals surface area contributed by atoms with E-state index >= 15 is 0 Å². The normalized spacial score (nSPS) is 11.4. The van der Waals surface area contributed by atoms with Crippen LogP contribution in [0.25, 0.3) is 0 Å². The highest BCUT2D eigenvalue weighted by Gasteiger charge is 2.18. The Bertz CT molecular complexity index is 955. The summed E-state index contributed by atoms with van der Waals surface area (Å²) in [6.07, 6.45) is 3.41. The number of benzene rings is 1. The van der Waals surface area contributed by atoms with Gasteiger partial charge in [0.25, 0.3) is 10.0 Å². The van der Waals surface area contributed by atoms with Gasteiger partial charge in [-0.1, -0.05) is 12.1 Å². The van der Waals surface area contributed by atoms with Gasteiger partial charge in [-0.2, -0.15) is 5.10 Å². The zero-order valence-corrected chi connectivity index (χ0v) is 15.3. The molecule has 0 unspecified atom stereocenters. The molecule has 24 heavy (non-hydrogen) atoms. The van der Waals surface area contributed by atoms with Crippen LogP contribution in [0.3, 0.4) is 0 Å². The van der Waals surface area contributed by atoms with Crippen molar-refractivity contribution in [3.63, 3.8) is 0 Å². The summed E-state index contributed by atoms with van der Waals surface area (Å²) in [6, 6.07) is 12.3. The van der Waals surface area contributed by atoms with Gasteiger partial charge >= 0.3 is 0 Å². The van der Waals surface area contributed by atoms with E-state index in [1.807, 2.05) is 25.1 Å². The first-order chi connectivity index (χ1) is 11.4. The number of hydrogen-bond donors (Lipinski definition) is 1. The molecular weight excluding hydrogens is 392 g/mol. The lowest BCUT2D eigenvalue weighted by Crippen LogP contribution is -2.14. The Morgan fingerprint density at radius 3 is 2.75 bits per heavy atom. The molecule has 0 aliphatic carbocycles. The second-order valence-electron chi connectivity index (χ2n) is 5.26.